The Bertz CT molecular complexity index is 1110. The van der Waals surface area contributed by atoms with Crippen LogP contribution in [-0.2, 0) is 19.1 Å². The molecule has 0 aliphatic heterocycles. The first-order chi connectivity index (χ1) is 18.0. The summed E-state index contributed by atoms with van der Waals surface area (Å²) >= 11 is 0. The number of nitrogens with zero attached hydrogens (tertiary/aromatic N) is 1. The first-order valence-electron chi connectivity index (χ1n) is 15.6. The highest BCUT2D eigenvalue weighted by Crippen LogP contribution is 2.75. The monoisotopic (exact) mass is 539 g/mol. The SMILES string of the molecule is CC(=O)O[C@@H]1CC[C@@]2(C)C(CC[C@]3(C)C2C(=O)C=C2C4[C@@H](C)[C@H](C)CC[C@]4(C)CC[C@]23C)[C@@]1(C)C(=O)N(C)C. The van der Waals surface area contributed by atoms with E-state index in [2.05, 4.69) is 47.6 Å². The molecule has 5 aliphatic carbocycles. The summed E-state index contributed by atoms with van der Waals surface area (Å²) in [5, 5.41) is 0. The molecule has 1 amide bonds. The lowest BCUT2D eigenvalue weighted by molar-refractivity contribution is -0.217. The van der Waals surface area contributed by atoms with Crippen LogP contribution >= 0.6 is 0 Å². The zero-order chi connectivity index (χ0) is 28.9. The Kier molecular flexibility index (Phi) is 6.60. The van der Waals surface area contributed by atoms with Gasteiger partial charge in [0, 0.05) is 26.9 Å². The standard InChI is InChI=1S/C34H53NO4/c1-20-11-14-30(4)17-18-32(6)23(27(30)21(20)2)19-24(37)28-31(5)15-13-26(39-22(3)36)34(8,29(38)35(9)10)25(31)12-16-33(28,32)7/h19-21,25-28H,11-18H2,1-10H3/t20-,21+,25?,26-,27?,28?,30-,31+,32-,33-,34-/m1/s1. The van der Waals surface area contributed by atoms with E-state index in [1.54, 1.807) is 19.0 Å². The van der Waals surface area contributed by atoms with Crippen molar-refractivity contribution in [2.45, 2.75) is 113 Å². The molecular formula is C34H53NO4. The van der Waals surface area contributed by atoms with Crippen molar-refractivity contribution in [3.63, 3.8) is 0 Å². The molecule has 0 bridgehead atoms. The second-order valence-electron chi connectivity index (χ2n) is 15.9. The number of hydrogen-bond donors (Lipinski definition) is 0. The molecular weight excluding hydrogens is 486 g/mol. The van der Waals surface area contributed by atoms with E-state index in [0.29, 0.717) is 24.2 Å². The lowest BCUT2D eigenvalue weighted by Gasteiger charge is -2.70. The van der Waals surface area contributed by atoms with Gasteiger partial charge in [0.05, 0.1) is 5.41 Å². The summed E-state index contributed by atoms with van der Waals surface area (Å²) < 4.78 is 5.87. The number of carbonyl (C=O) groups excluding carboxylic acids is 3. The van der Waals surface area contributed by atoms with E-state index in [4.69, 9.17) is 4.74 Å². The van der Waals surface area contributed by atoms with E-state index < -0.39 is 11.5 Å². The molecule has 3 unspecified atom stereocenters. The Hall–Kier alpha value is -1.65. The fourth-order valence-electron chi connectivity index (χ4n) is 11.5. The molecule has 5 heteroatoms. The molecule has 5 nitrogen and oxygen atoms in total. The molecule has 11 atom stereocenters. The van der Waals surface area contributed by atoms with Crippen molar-refractivity contribution in [1.29, 1.82) is 0 Å². The predicted octanol–water partition coefficient (Wildman–Crippen LogP) is 6.84. The van der Waals surface area contributed by atoms with Gasteiger partial charge in [0.1, 0.15) is 6.10 Å². The number of rotatable bonds is 2. The van der Waals surface area contributed by atoms with E-state index in [0.717, 1.165) is 25.7 Å². The van der Waals surface area contributed by atoms with Gasteiger partial charge in [0.15, 0.2) is 5.78 Å². The van der Waals surface area contributed by atoms with Crippen molar-refractivity contribution in [3.05, 3.63) is 11.6 Å². The third-order valence-corrected chi connectivity index (χ3v) is 13.9. The number of hydrogen-bond acceptors (Lipinski definition) is 4. The van der Waals surface area contributed by atoms with Gasteiger partial charge < -0.3 is 9.64 Å². The first kappa shape index (κ1) is 28.9. The zero-order valence-corrected chi connectivity index (χ0v) is 26.3. The van der Waals surface area contributed by atoms with Crippen LogP contribution in [0.3, 0.4) is 0 Å². The summed E-state index contributed by atoms with van der Waals surface area (Å²) in [7, 11) is 3.59. The normalized spacial score (nSPS) is 50.9. The van der Waals surface area contributed by atoms with E-state index in [9.17, 15) is 14.4 Å². The molecule has 0 radical (unpaired) electrons. The maximum absolute atomic E-state index is 14.6. The minimum absolute atomic E-state index is 0.0115. The zero-order valence-electron chi connectivity index (χ0n) is 26.3. The van der Waals surface area contributed by atoms with Crippen LogP contribution < -0.4 is 0 Å². The minimum atomic E-state index is -0.854. The second-order valence-corrected chi connectivity index (χ2v) is 15.9. The van der Waals surface area contributed by atoms with Crippen LogP contribution in [0.25, 0.3) is 0 Å². The predicted molar refractivity (Wildman–Crippen MR) is 154 cm³/mol. The Morgan fingerprint density at radius 3 is 2.21 bits per heavy atom. The van der Waals surface area contributed by atoms with Gasteiger partial charge in [-0.2, -0.15) is 0 Å². The summed E-state index contributed by atoms with van der Waals surface area (Å²) in [6.07, 6.45) is 9.78. The summed E-state index contributed by atoms with van der Waals surface area (Å²) in [4.78, 5) is 42.3. The van der Waals surface area contributed by atoms with Crippen LogP contribution in [0.15, 0.2) is 11.6 Å². The number of esters is 1. The molecule has 0 aromatic rings. The van der Waals surface area contributed by atoms with Gasteiger partial charge in [0.25, 0.3) is 0 Å². The second kappa shape index (κ2) is 8.92. The molecule has 0 aromatic carbocycles. The van der Waals surface area contributed by atoms with E-state index >= 15 is 0 Å². The minimum Gasteiger partial charge on any atom is -0.461 e. The Labute approximate surface area is 236 Å². The fourth-order valence-corrected chi connectivity index (χ4v) is 11.5. The number of amides is 1. The highest BCUT2D eigenvalue weighted by molar-refractivity contribution is 5.96. The number of fused-ring (bicyclic) bond motifs is 7. The molecule has 218 valence electrons. The number of ketones is 1. The molecule has 39 heavy (non-hydrogen) atoms. The van der Waals surface area contributed by atoms with E-state index in [-0.39, 0.29) is 51.2 Å². The number of carbonyl (C=O) groups is 3. The van der Waals surface area contributed by atoms with Crippen LogP contribution in [0.2, 0.25) is 0 Å². The van der Waals surface area contributed by atoms with Crippen LogP contribution in [-0.4, -0.2) is 42.8 Å². The van der Waals surface area contributed by atoms with Gasteiger partial charge >= 0.3 is 5.97 Å². The Balaban J connectivity index is 1.63. The van der Waals surface area contributed by atoms with Crippen molar-refractivity contribution >= 4 is 17.7 Å². The Morgan fingerprint density at radius 2 is 1.59 bits per heavy atom. The molecule has 5 aliphatic rings. The van der Waals surface area contributed by atoms with Crippen molar-refractivity contribution in [1.82, 2.24) is 4.90 Å². The molecule has 0 aromatic heterocycles. The van der Waals surface area contributed by atoms with Gasteiger partial charge in [-0.1, -0.05) is 47.1 Å². The van der Waals surface area contributed by atoms with E-state index in [1.165, 1.54) is 31.8 Å². The van der Waals surface area contributed by atoms with Gasteiger partial charge in [-0.15, -0.1) is 0 Å². The summed E-state index contributed by atoms with van der Waals surface area (Å²) in [6, 6.07) is 0. The average molecular weight is 540 g/mol. The summed E-state index contributed by atoms with van der Waals surface area (Å²) in [5.74, 6) is 1.52. The van der Waals surface area contributed by atoms with Gasteiger partial charge in [-0.05, 0) is 110 Å². The lowest BCUT2D eigenvalue weighted by Crippen LogP contribution is -2.69. The molecule has 5 rings (SSSR count). The van der Waals surface area contributed by atoms with Gasteiger partial charge in [-0.25, -0.2) is 0 Å². The summed E-state index contributed by atoms with van der Waals surface area (Å²) in [5.41, 5.74) is 0.356. The van der Waals surface area contributed by atoms with Crippen molar-refractivity contribution < 1.29 is 19.1 Å². The van der Waals surface area contributed by atoms with Gasteiger partial charge in [0.2, 0.25) is 5.91 Å². The maximum Gasteiger partial charge on any atom is 0.302 e. The van der Waals surface area contributed by atoms with Crippen molar-refractivity contribution in [3.8, 4) is 0 Å². The number of ether oxygens (including phenoxy) is 1. The molecule has 0 spiro atoms. The molecule has 0 heterocycles. The highest BCUT2D eigenvalue weighted by atomic mass is 16.5. The third-order valence-electron chi connectivity index (χ3n) is 13.9. The quantitative estimate of drug-likeness (QED) is 0.360. The van der Waals surface area contributed by atoms with Crippen molar-refractivity contribution in [2.24, 2.45) is 56.7 Å². The number of allylic oxidation sites excluding steroid dienone is 2. The average Bonchev–Trinajstić information content (AvgIpc) is 2.84. The van der Waals surface area contributed by atoms with Gasteiger partial charge in [-0.3, -0.25) is 14.4 Å². The van der Waals surface area contributed by atoms with E-state index in [1.807, 2.05) is 6.92 Å². The van der Waals surface area contributed by atoms with Crippen LogP contribution in [0.4, 0.5) is 0 Å². The molecule has 4 saturated carbocycles. The largest absolute Gasteiger partial charge is 0.461 e. The molecule has 0 N–H and O–H groups in total. The van der Waals surface area contributed by atoms with Crippen molar-refractivity contribution in [2.75, 3.05) is 14.1 Å². The fraction of sp³-hybridized carbons (Fsp3) is 0.853. The topological polar surface area (TPSA) is 63.7 Å². The smallest absolute Gasteiger partial charge is 0.302 e. The van der Waals surface area contributed by atoms with Crippen LogP contribution in [0.5, 0.6) is 0 Å². The Morgan fingerprint density at radius 1 is 0.923 bits per heavy atom. The maximum atomic E-state index is 14.6. The lowest BCUT2D eigenvalue weighted by atomic mass is 9.33. The highest BCUT2D eigenvalue weighted by Gasteiger charge is 2.72. The van der Waals surface area contributed by atoms with Crippen LogP contribution in [0, 0.1) is 56.7 Å². The molecule has 4 fully saturated rings. The first-order valence-corrected chi connectivity index (χ1v) is 15.6. The third kappa shape index (κ3) is 3.65. The summed E-state index contributed by atoms with van der Waals surface area (Å²) in [6.45, 7) is 18.0. The molecule has 0 saturated heterocycles. The van der Waals surface area contributed by atoms with Crippen LogP contribution in [0.1, 0.15) is 107 Å².